The van der Waals surface area contributed by atoms with Crippen LogP contribution in [0.1, 0.15) is 32.0 Å². The predicted octanol–water partition coefficient (Wildman–Crippen LogP) is 0.481. The summed E-state index contributed by atoms with van der Waals surface area (Å²) >= 11 is 0. The van der Waals surface area contributed by atoms with Gasteiger partial charge in [0.1, 0.15) is 5.82 Å². The topological polar surface area (TPSA) is 135 Å². The van der Waals surface area contributed by atoms with Gasteiger partial charge in [-0.3, -0.25) is 14.4 Å². The third kappa shape index (κ3) is 5.63. The van der Waals surface area contributed by atoms with Crippen LogP contribution in [-0.2, 0) is 30.6 Å². The first-order valence-corrected chi connectivity index (χ1v) is 11.2. The molecule has 2 N–H and O–H groups in total. The quantitative estimate of drug-likeness (QED) is 0.621. The Morgan fingerprint density at radius 1 is 1.34 bits per heavy atom. The van der Waals surface area contributed by atoms with Crippen molar-refractivity contribution >= 4 is 32.6 Å². The number of sulfone groups is 1. The molecule has 1 fully saturated rings. The van der Waals surface area contributed by atoms with E-state index in [1.54, 1.807) is 24.3 Å². The van der Waals surface area contributed by atoms with Gasteiger partial charge < -0.3 is 15.0 Å². The smallest absolute Gasteiger partial charge is 0.306 e. The molecule has 0 bridgehead atoms. The average Bonchev–Trinajstić information content (AvgIpc) is 3.00. The number of nitrogens with one attached hydrogen (secondary N) is 2. The Kier molecular flexibility index (Phi) is 6.31. The summed E-state index contributed by atoms with van der Waals surface area (Å²) in [6, 6.07) is 6.55. The van der Waals surface area contributed by atoms with Gasteiger partial charge in [0.25, 0.3) is 11.5 Å². The minimum atomic E-state index is -3.10. The monoisotopic (exact) mass is 421 g/mol. The first-order valence-electron chi connectivity index (χ1n) is 9.42. The Bertz CT molecular complexity index is 1080. The number of rotatable bonds is 7. The summed E-state index contributed by atoms with van der Waals surface area (Å²) in [6.07, 6.45) is 0.201. The average molecular weight is 421 g/mol. The van der Waals surface area contributed by atoms with Crippen molar-refractivity contribution in [1.29, 1.82) is 0 Å². The van der Waals surface area contributed by atoms with E-state index < -0.39 is 33.9 Å². The molecule has 0 saturated carbocycles. The summed E-state index contributed by atoms with van der Waals surface area (Å²) in [4.78, 5) is 43.1. The lowest BCUT2D eigenvalue weighted by atomic mass is 10.2. The van der Waals surface area contributed by atoms with Crippen molar-refractivity contribution in [2.45, 2.75) is 44.8 Å². The fourth-order valence-corrected chi connectivity index (χ4v) is 4.86. The molecule has 1 aromatic carbocycles. The lowest BCUT2D eigenvalue weighted by Crippen LogP contribution is -2.42. The molecule has 1 aromatic heterocycles. The zero-order valence-corrected chi connectivity index (χ0v) is 16.8. The number of carbonyl (C=O) groups excluding carboxylic acids is 2. The number of aromatic nitrogens is 2. The first kappa shape index (κ1) is 21.0. The van der Waals surface area contributed by atoms with Gasteiger partial charge in [-0.15, -0.1) is 0 Å². The number of H-pyrrole nitrogens is 1. The van der Waals surface area contributed by atoms with E-state index >= 15 is 0 Å². The molecular weight excluding hydrogens is 398 g/mol. The van der Waals surface area contributed by atoms with Crippen LogP contribution in [-0.4, -0.2) is 53.9 Å². The number of nitrogens with zero attached hydrogens (tertiary/aromatic N) is 1. The number of hydrogen-bond donors (Lipinski definition) is 2. The second-order valence-corrected chi connectivity index (χ2v) is 9.35. The lowest BCUT2D eigenvalue weighted by molar-refractivity contribution is -0.155. The number of hydrogen-bond acceptors (Lipinski definition) is 7. The molecule has 156 valence electrons. The number of carbonyl (C=O) groups is 2. The van der Waals surface area contributed by atoms with E-state index in [9.17, 15) is 22.8 Å². The van der Waals surface area contributed by atoms with Gasteiger partial charge in [0.15, 0.2) is 15.9 Å². The molecule has 0 aliphatic carbocycles. The molecule has 0 unspecified atom stereocenters. The summed E-state index contributed by atoms with van der Waals surface area (Å²) in [5, 5.41) is 3.10. The highest BCUT2D eigenvalue weighted by molar-refractivity contribution is 7.91. The number of benzene rings is 1. The third-order valence-corrected chi connectivity index (χ3v) is 6.48. The van der Waals surface area contributed by atoms with E-state index in [4.69, 9.17) is 4.74 Å². The summed E-state index contributed by atoms with van der Waals surface area (Å²) in [5.74, 6) is -0.613. The van der Waals surface area contributed by atoms with Crippen LogP contribution < -0.4 is 10.9 Å². The predicted molar refractivity (Wildman–Crippen MR) is 106 cm³/mol. The molecule has 3 rings (SSSR count). The van der Waals surface area contributed by atoms with Crippen LogP contribution in [0.4, 0.5) is 0 Å². The molecule has 1 aliphatic heterocycles. The maximum absolute atomic E-state index is 12.1. The van der Waals surface area contributed by atoms with Crippen molar-refractivity contribution in [2.24, 2.45) is 0 Å². The molecule has 2 aromatic rings. The molecule has 1 saturated heterocycles. The van der Waals surface area contributed by atoms with Crippen LogP contribution in [0.15, 0.2) is 29.1 Å². The van der Waals surface area contributed by atoms with E-state index in [1.807, 2.05) is 0 Å². The van der Waals surface area contributed by atoms with E-state index in [-0.39, 0.29) is 23.5 Å². The van der Waals surface area contributed by atoms with Gasteiger partial charge in [-0.1, -0.05) is 12.1 Å². The summed E-state index contributed by atoms with van der Waals surface area (Å²) < 4.78 is 28.0. The van der Waals surface area contributed by atoms with Gasteiger partial charge in [-0.2, -0.15) is 0 Å². The van der Waals surface area contributed by atoms with Crippen LogP contribution >= 0.6 is 0 Å². The number of aromatic amines is 1. The SMILES string of the molecule is C[C@@H](OC(=O)CCCc1nc2ccccc2c(=O)[nH]1)C(=O)N[C@H]1CCS(=O)(=O)C1. The lowest BCUT2D eigenvalue weighted by Gasteiger charge is -2.16. The zero-order valence-electron chi connectivity index (χ0n) is 16.0. The van der Waals surface area contributed by atoms with Crippen LogP contribution in [0.2, 0.25) is 0 Å². The molecule has 29 heavy (non-hydrogen) atoms. The summed E-state index contributed by atoms with van der Waals surface area (Å²) in [5.41, 5.74) is 0.362. The molecular formula is C19H23N3O6S. The number of amides is 1. The summed E-state index contributed by atoms with van der Waals surface area (Å²) in [6.45, 7) is 1.44. The first-order chi connectivity index (χ1) is 13.7. The van der Waals surface area contributed by atoms with Gasteiger partial charge >= 0.3 is 5.97 Å². The van der Waals surface area contributed by atoms with Crippen molar-refractivity contribution in [3.8, 4) is 0 Å². The number of fused-ring (bicyclic) bond motifs is 1. The fourth-order valence-electron chi connectivity index (χ4n) is 3.19. The van der Waals surface area contributed by atoms with Crippen molar-refractivity contribution in [1.82, 2.24) is 15.3 Å². The Balaban J connectivity index is 1.45. The van der Waals surface area contributed by atoms with Gasteiger partial charge in [0.2, 0.25) is 0 Å². The van der Waals surface area contributed by atoms with Crippen molar-refractivity contribution in [3.63, 3.8) is 0 Å². The van der Waals surface area contributed by atoms with Gasteiger partial charge in [0, 0.05) is 18.9 Å². The molecule has 1 amide bonds. The van der Waals surface area contributed by atoms with Crippen molar-refractivity contribution in [2.75, 3.05) is 11.5 Å². The second-order valence-electron chi connectivity index (χ2n) is 7.12. The number of aryl methyl sites for hydroxylation is 1. The van der Waals surface area contributed by atoms with E-state index in [2.05, 4.69) is 15.3 Å². The molecule has 2 heterocycles. The maximum atomic E-state index is 12.1. The van der Waals surface area contributed by atoms with Crippen LogP contribution in [0.5, 0.6) is 0 Å². The van der Waals surface area contributed by atoms with Gasteiger partial charge in [-0.05, 0) is 31.9 Å². The Labute approximate surface area is 167 Å². The highest BCUT2D eigenvalue weighted by atomic mass is 32.2. The molecule has 10 heteroatoms. The van der Waals surface area contributed by atoms with Crippen LogP contribution in [0.3, 0.4) is 0 Å². The number of ether oxygens (including phenoxy) is 1. The zero-order chi connectivity index (χ0) is 21.0. The molecule has 2 atom stereocenters. The van der Waals surface area contributed by atoms with Crippen molar-refractivity contribution < 1.29 is 22.7 Å². The number of para-hydroxylation sites is 1. The summed E-state index contributed by atoms with van der Waals surface area (Å²) in [7, 11) is -3.10. The molecule has 1 aliphatic rings. The largest absolute Gasteiger partial charge is 0.453 e. The molecule has 9 nitrogen and oxygen atoms in total. The maximum Gasteiger partial charge on any atom is 0.306 e. The normalized spacial score (nSPS) is 19.0. The fraction of sp³-hybridized carbons (Fsp3) is 0.474. The minimum Gasteiger partial charge on any atom is -0.453 e. The number of esters is 1. The standard InChI is InChI=1S/C19H23N3O6S/c1-12(18(24)20-13-9-10-29(26,27)11-13)28-17(23)8-4-7-16-21-15-6-3-2-5-14(15)19(25)22-16/h2-3,5-6,12-13H,4,7-11H2,1H3,(H,20,24)(H,21,22,25)/t12-,13+/m1/s1. The Morgan fingerprint density at radius 2 is 2.10 bits per heavy atom. The third-order valence-electron chi connectivity index (χ3n) is 4.71. The highest BCUT2D eigenvalue weighted by Crippen LogP contribution is 2.12. The van der Waals surface area contributed by atoms with E-state index in [1.165, 1.54) is 6.92 Å². The second kappa shape index (κ2) is 8.73. The molecule has 0 radical (unpaired) electrons. The van der Waals surface area contributed by atoms with Crippen molar-refractivity contribution in [3.05, 3.63) is 40.4 Å². The minimum absolute atomic E-state index is 0.0526. The van der Waals surface area contributed by atoms with Crippen LogP contribution in [0.25, 0.3) is 10.9 Å². The molecule has 0 spiro atoms. The van der Waals surface area contributed by atoms with E-state index in [0.29, 0.717) is 36.0 Å². The Morgan fingerprint density at radius 3 is 2.83 bits per heavy atom. The van der Waals surface area contributed by atoms with Crippen LogP contribution in [0, 0.1) is 0 Å². The highest BCUT2D eigenvalue weighted by Gasteiger charge is 2.30. The van der Waals surface area contributed by atoms with E-state index in [0.717, 1.165) is 0 Å². The van der Waals surface area contributed by atoms with Gasteiger partial charge in [-0.25, -0.2) is 13.4 Å². The Hall–Kier alpha value is -2.75. The van der Waals surface area contributed by atoms with Gasteiger partial charge in [0.05, 0.1) is 22.4 Å².